The Labute approximate surface area is 184 Å². The first-order valence-corrected chi connectivity index (χ1v) is 11.0. The van der Waals surface area contributed by atoms with Gasteiger partial charge >= 0.3 is 5.97 Å². The molecule has 1 aliphatic rings. The zero-order valence-electron chi connectivity index (χ0n) is 16.9. The molecule has 1 heterocycles. The SMILES string of the molecule is CSc1ccc(CN2C(=O)C(O)=C(c3ccccc3)C2c2ccc(C(=O)O)cc2)cc1. The Morgan fingerprint density at radius 3 is 2.19 bits per heavy atom. The van der Waals surface area contributed by atoms with Crippen LogP contribution in [0.3, 0.4) is 0 Å². The van der Waals surface area contributed by atoms with Gasteiger partial charge in [-0.25, -0.2) is 4.79 Å². The predicted molar refractivity (Wildman–Crippen MR) is 121 cm³/mol. The first kappa shape index (κ1) is 20.8. The molecule has 0 aliphatic carbocycles. The normalized spacial score (nSPS) is 16.1. The third-order valence-electron chi connectivity index (χ3n) is 5.37. The summed E-state index contributed by atoms with van der Waals surface area (Å²) < 4.78 is 0. The Kier molecular flexibility index (Phi) is 5.82. The summed E-state index contributed by atoms with van der Waals surface area (Å²) in [4.78, 5) is 27.1. The largest absolute Gasteiger partial charge is 0.503 e. The van der Waals surface area contributed by atoms with Gasteiger partial charge in [-0.15, -0.1) is 11.8 Å². The zero-order valence-corrected chi connectivity index (χ0v) is 17.7. The summed E-state index contributed by atoms with van der Waals surface area (Å²) in [6.07, 6.45) is 2.00. The van der Waals surface area contributed by atoms with Crippen molar-refractivity contribution in [3.8, 4) is 0 Å². The average molecular weight is 432 g/mol. The van der Waals surface area contributed by atoms with Crippen molar-refractivity contribution in [1.82, 2.24) is 4.90 Å². The molecule has 1 aliphatic heterocycles. The summed E-state index contributed by atoms with van der Waals surface area (Å²) in [7, 11) is 0. The molecular formula is C25H21NO4S. The summed E-state index contributed by atoms with van der Waals surface area (Å²) in [5.41, 5.74) is 3.12. The van der Waals surface area contributed by atoms with Gasteiger partial charge in [0, 0.05) is 17.0 Å². The molecule has 31 heavy (non-hydrogen) atoms. The Bertz CT molecular complexity index is 1140. The second-order valence-electron chi connectivity index (χ2n) is 7.24. The molecular weight excluding hydrogens is 410 g/mol. The fourth-order valence-corrected chi connectivity index (χ4v) is 4.22. The molecule has 5 nitrogen and oxygen atoms in total. The Morgan fingerprint density at radius 2 is 1.61 bits per heavy atom. The van der Waals surface area contributed by atoms with Crippen molar-refractivity contribution in [3.63, 3.8) is 0 Å². The summed E-state index contributed by atoms with van der Waals surface area (Å²) >= 11 is 1.64. The van der Waals surface area contributed by atoms with Crippen LogP contribution in [-0.2, 0) is 11.3 Å². The van der Waals surface area contributed by atoms with Crippen LogP contribution in [0.25, 0.3) is 5.57 Å². The lowest BCUT2D eigenvalue weighted by molar-refractivity contribution is -0.130. The molecule has 156 valence electrons. The Morgan fingerprint density at radius 1 is 0.968 bits per heavy atom. The number of rotatable bonds is 6. The lowest BCUT2D eigenvalue weighted by Gasteiger charge is -2.27. The topological polar surface area (TPSA) is 77.8 Å². The molecule has 1 unspecified atom stereocenters. The van der Waals surface area contributed by atoms with Crippen LogP contribution in [0.2, 0.25) is 0 Å². The maximum atomic E-state index is 13.1. The molecule has 1 atom stereocenters. The molecule has 0 radical (unpaired) electrons. The quantitative estimate of drug-likeness (QED) is 0.527. The van der Waals surface area contributed by atoms with Gasteiger partial charge in [-0.2, -0.15) is 0 Å². The standard InChI is InChI=1S/C25H21NO4S/c1-31-20-13-7-16(8-14-20)15-26-22(18-9-11-19(12-10-18)25(29)30)21(23(27)24(26)28)17-5-3-2-4-6-17/h2-14,22,27H,15H2,1H3,(H,29,30). The van der Waals surface area contributed by atoms with Gasteiger partial charge in [-0.3, -0.25) is 4.79 Å². The maximum Gasteiger partial charge on any atom is 0.335 e. The van der Waals surface area contributed by atoms with Crippen molar-refractivity contribution in [2.45, 2.75) is 17.5 Å². The lowest BCUT2D eigenvalue weighted by Crippen LogP contribution is -2.29. The number of carboxylic acid groups (broad SMARTS) is 1. The fourth-order valence-electron chi connectivity index (χ4n) is 3.81. The van der Waals surface area contributed by atoms with E-state index in [1.54, 1.807) is 28.8 Å². The molecule has 3 aromatic carbocycles. The van der Waals surface area contributed by atoms with E-state index in [9.17, 15) is 19.8 Å². The van der Waals surface area contributed by atoms with Gasteiger partial charge in [0.15, 0.2) is 5.76 Å². The van der Waals surface area contributed by atoms with E-state index in [0.29, 0.717) is 12.1 Å². The Hall–Kier alpha value is -3.51. The predicted octanol–water partition coefficient (Wildman–Crippen LogP) is 5.16. The number of aromatic carboxylic acids is 1. The van der Waals surface area contributed by atoms with Crippen molar-refractivity contribution in [2.24, 2.45) is 0 Å². The minimum atomic E-state index is -1.01. The molecule has 3 aromatic rings. The minimum absolute atomic E-state index is 0.168. The molecule has 0 fully saturated rings. The summed E-state index contributed by atoms with van der Waals surface area (Å²) in [5.74, 6) is -1.74. The smallest absolute Gasteiger partial charge is 0.335 e. The number of carbonyl (C=O) groups excluding carboxylic acids is 1. The van der Waals surface area contributed by atoms with E-state index < -0.39 is 17.9 Å². The van der Waals surface area contributed by atoms with E-state index in [1.807, 2.05) is 60.9 Å². The second kappa shape index (κ2) is 8.70. The highest BCUT2D eigenvalue weighted by molar-refractivity contribution is 7.98. The number of thioether (sulfide) groups is 1. The van der Waals surface area contributed by atoms with Crippen LogP contribution in [0.4, 0.5) is 0 Å². The van der Waals surface area contributed by atoms with Crippen molar-refractivity contribution >= 4 is 29.2 Å². The van der Waals surface area contributed by atoms with Crippen LogP contribution >= 0.6 is 11.8 Å². The number of aliphatic hydroxyl groups excluding tert-OH is 1. The number of carboxylic acids is 1. The first-order chi connectivity index (χ1) is 15.0. The summed E-state index contributed by atoms with van der Waals surface area (Å²) in [6, 6.07) is 23.2. The van der Waals surface area contributed by atoms with Gasteiger partial charge in [0.05, 0.1) is 11.6 Å². The third kappa shape index (κ3) is 4.07. The van der Waals surface area contributed by atoms with Crippen LogP contribution < -0.4 is 0 Å². The number of carbonyl (C=O) groups is 2. The van der Waals surface area contributed by atoms with Gasteiger partial charge in [0.1, 0.15) is 0 Å². The number of amides is 1. The van der Waals surface area contributed by atoms with Crippen molar-refractivity contribution in [1.29, 1.82) is 0 Å². The molecule has 1 amide bonds. The zero-order chi connectivity index (χ0) is 22.0. The highest BCUT2D eigenvalue weighted by atomic mass is 32.2. The molecule has 0 spiro atoms. The number of benzene rings is 3. The van der Waals surface area contributed by atoms with E-state index >= 15 is 0 Å². The number of nitrogens with zero attached hydrogens (tertiary/aromatic N) is 1. The maximum absolute atomic E-state index is 13.1. The van der Waals surface area contributed by atoms with Crippen LogP contribution in [-0.4, -0.2) is 33.2 Å². The molecule has 4 rings (SSSR count). The third-order valence-corrected chi connectivity index (χ3v) is 6.12. The summed E-state index contributed by atoms with van der Waals surface area (Å²) in [6.45, 7) is 0.319. The fraction of sp³-hybridized carbons (Fsp3) is 0.120. The minimum Gasteiger partial charge on any atom is -0.503 e. The molecule has 6 heteroatoms. The van der Waals surface area contributed by atoms with Gasteiger partial charge in [-0.1, -0.05) is 54.6 Å². The second-order valence-corrected chi connectivity index (χ2v) is 8.12. The van der Waals surface area contributed by atoms with Crippen LogP contribution in [0, 0.1) is 0 Å². The van der Waals surface area contributed by atoms with Gasteiger partial charge in [0.2, 0.25) is 0 Å². The van der Waals surface area contributed by atoms with E-state index in [1.165, 1.54) is 12.1 Å². The van der Waals surface area contributed by atoms with Crippen LogP contribution in [0.15, 0.2) is 89.5 Å². The molecule has 0 saturated carbocycles. The number of hydrogen-bond acceptors (Lipinski definition) is 4. The summed E-state index contributed by atoms with van der Waals surface area (Å²) in [5, 5.41) is 20.0. The van der Waals surface area contributed by atoms with E-state index in [-0.39, 0.29) is 11.3 Å². The van der Waals surface area contributed by atoms with Gasteiger partial charge < -0.3 is 15.1 Å². The molecule has 2 N–H and O–H groups in total. The molecule has 0 saturated heterocycles. The highest BCUT2D eigenvalue weighted by Gasteiger charge is 2.40. The monoisotopic (exact) mass is 431 g/mol. The average Bonchev–Trinajstić information content (AvgIpc) is 3.05. The van der Waals surface area contributed by atoms with Crippen molar-refractivity contribution < 1.29 is 19.8 Å². The van der Waals surface area contributed by atoms with E-state index in [4.69, 9.17) is 0 Å². The molecule has 0 aromatic heterocycles. The highest BCUT2D eigenvalue weighted by Crippen LogP contribution is 2.43. The first-order valence-electron chi connectivity index (χ1n) is 9.75. The van der Waals surface area contributed by atoms with Crippen molar-refractivity contribution in [3.05, 3.63) is 107 Å². The Balaban J connectivity index is 1.77. The number of hydrogen-bond donors (Lipinski definition) is 2. The van der Waals surface area contributed by atoms with E-state index in [2.05, 4.69) is 0 Å². The van der Waals surface area contributed by atoms with Crippen molar-refractivity contribution in [2.75, 3.05) is 6.26 Å². The van der Waals surface area contributed by atoms with Gasteiger partial charge in [-0.05, 0) is 47.2 Å². The van der Waals surface area contributed by atoms with E-state index in [0.717, 1.165) is 21.6 Å². The lowest BCUT2D eigenvalue weighted by atomic mass is 9.93. The van der Waals surface area contributed by atoms with Gasteiger partial charge in [0.25, 0.3) is 5.91 Å². The number of aliphatic hydroxyl groups is 1. The molecule has 0 bridgehead atoms. The van der Waals surface area contributed by atoms with Crippen LogP contribution in [0.5, 0.6) is 0 Å². The van der Waals surface area contributed by atoms with Crippen LogP contribution in [0.1, 0.15) is 33.1 Å².